The molecule has 0 nitrogen and oxygen atoms in total. The Morgan fingerprint density at radius 1 is 0.472 bits per heavy atom. The van der Waals surface area contributed by atoms with Crippen molar-refractivity contribution in [1.82, 2.24) is 0 Å². The summed E-state index contributed by atoms with van der Waals surface area (Å²) in [5.74, 6) is 0.515. The van der Waals surface area contributed by atoms with E-state index in [9.17, 15) is 0 Å². The van der Waals surface area contributed by atoms with Crippen LogP contribution in [-0.4, -0.2) is 0 Å². The molecule has 1 atom stereocenters. The zero-order valence-electron chi connectivity index (χ0n) is 30.9. The highest BCUT2D eigenvalue weighted by atomic mass is 14.2. The second-order valence-electron chi connectivity index (χ2n) is 14.7. The zero-order chi connectivity index (χ0) is 35.9. The first-order chi connectivity index (χ1) is 26.1. The molecular weight excluding hydrogens is 637 g/mol. The number of benzene rings is 8. The van der Waals surface area contributed by atoms with Gasteiger partial charge in [0.15, 0.2) is 0 Å². The lowest BCUT2D eigenvalue weighted by molar-refractivity contribution is 0.735. The Labute approximate surface area is 314 Å². The van der Waals surface area contributed by atoms with Gasteiger partial charge >= 0.3 is 0 Å². The van der Waals surface area contributed by atoms with Gasteiger partial charge in [-0.15, -0.1) is 0 Å². The quantitative estimate of drug-likeness (QED) is 0.147. The van der Waals surface area contributed by atoms with Crippen LogP contribution >= 0.6 is 0 Å². The highest BCUT2D eigenvalue weighted by Crippen LogP contribution is 2.45. The number of hydrogen-bond donors (Lipinski definition) is 0. The maximum absolute atomic E-state index is 2.33. The minimum atomic E-state index is 0.515. The Morgan fingerprint density at radius 2 is 0.943 bits per heavy atom. The second kappa shape index (κ2) is 13.9. The van der Waals surface area contributed by atoms with Crippen molar-refractivity contribution in [2.45, 2.75) is 46.0 Å². The second-order valence-corrected chi connectivity index (χ2v) is 14.7. The lowest BCUT2D eigenvalue weighted by Gasteiger charge is -2.19. The highest BCUT2D eigenvalue weighted by molar-refractivity contribution is 6.21. The summed E-state index contributed by atoms with van der Waals surface area (Å²) in [5, 5.41) is 5.11. The van der Waals surface area contributed by atoms with Crippen LogP contribution in [0.3, 0.4) is 0 Å². The van der Waals surface area contributed by atoms with Gasteiger partial charge in [-0.05, 0) is 132 Å². The Hall–Kier alpha value is -5.98. The number of rotatable bonds is 7. The van der Waals surface area contributed by atoms with Crippen LogP contribution in [0.2, 0.25) is 0 Å². The molecule has 0 radical (unpaired) electrons. The Balaban J connectivity index is 1.13. The fourth-order valence-corrected chi connectivity index (χ4v) is 8.74. The Kier molecular flexibility index (Phi) is 8.61. The molecular formula is C53H44. The molecule has 1 aliphatic rings. The maximum atomic E-state index is 2.33. The molecule has 0 fully saturated rings. The van der Waals surface area contributed by atoms with E-state index in [1.165, 1.54) is 99.4 Å². The normalized spacial score (nSPS) is 13.0. The molecule has 0 saturated carbocycles. The molecule has 53 heavy (non-hydrogen) atoms. The van der Waals surface area contributed by atoms with E-state index in [4.69, 9.17) is 0 Å². The molecule has 256 valence electrons. The molecule has 9 rings (SSSR count). The minimum Gasteiger partial charge on any atom is -0.0836 e. The largest absolute Gasteiger partial charge is 0.0836 e. The zero-order valence-corrected chi connectivity index (χ0v) is 30.9. The number of fused-ring (bicyclic) bond motifs is 3. The van der Waals surface area contributed by atoms with Gasteiger partial charge in [-0.1, -0.05) is 184 Å². The summed E-state index contributed by atoms with van der Waals surface area (Å²) in [6.07, 6.45) is 7.98. The summed E-state index contributed by atoms with van der Waals surface area (Å²) in [5.41, 5.74) is 18.4. The van der Waals surface area contributed by atoms with Crippen LogP contribution in [0.4, 0.5) is 0 Å². The summed E-state index contributed by atoms with van der Waals surface area (Å²) in [7, 11) is 0. The molecule has 0 aromatic heterocycles. The van der Waals surface area contributed by atoms with Crippen molar-refractivity contribution in [3.05, 3.63) is 186 Å². The van der Waals surface area contributed by atoms with Gasteiger partial charge in [0.05, 0.1) is 0 Å². The molecule has 0 saturated heterocycles. The van der Waals surface area contributed by atoms with Crippen molar-refractivity contribution in [3.8, 4) is 55.6 Å². The first-order valence-corrected chi connectivity index (χ1v) is 19.2. The van der Waals surface area contributed by atoms with Crippen LogP contribution in [0.5, 0.6) is 0 Å². The van der Waals surface area contributed by atoms with E-state index in [0.29, 0.717) is 5.92 Å². The van der Waals surface area contributed by atoms with Gasteiger partial charge in [-0.3, -0.25) is 0 Å². The van der Waals surface area contributed by atoms with Crippen LogP contribution in [0.1, 0.15) is 54.9 Å². The summed E-state index contributed by atoms with van der Waals surface area (Å²) >= 11 is 0. The van der Waals surface area contributed by atoms with Crippen molar-refractivity contribution in [2.24, 2.45) is 0 Å². The van der Waals surface area contributed by atoms with E-state index >= 15 is 0 Å². The third-order valence-corrected chi connectivity index (χ3v) is 11.7. The summed E-state index contributed by atoms with van der Waals surface area (Å²) in [4.78, 5) is 0. The summed E-state index contributed by atoms with van der Waals surface area (Å²) < 4.78 is 0. The third kappa shape index (κ3) is 5.80. The highest BCUT2D eigenvalue weighted by Gasteiger charge is 2.19. The van der Waals surface area contributed by atoms with Crippen molar-refractivity contribution < 1.29 is 0 Å². The van der Waals surface area contributed by atoms with Crippen LogP contribution in [-0.2, 0) is 6.42 Å². The molecule has 0 N–H and O–H groups in total. The van der Waals surface area contributed by atoms with E-state index in [1.54, 1.807) is 0 Å². The molecule has 0 bridgehead atoms. The van der Waals surface area contributed by atoms with Gasteiger partial charge in [-0.2, -0.15) is 0 Å². The van der Waals surface area contributed by atoms with Crippen LogP contribution in [0.25, 0.3) is 83.3 Å². The monoisotopic (exact) mass is 680 g/mol. The number of allylic oxidation sites excluding steroid dienone is 1. The molecule has 0 heterocycles. The first kappa shape index (κ1) is 32.9. The lowest BCUT2D eigenvalue weighted by Crippen LogP contribution is -1.97. The predicted molar refractivity (Wildman–Crippen MR) is 229 cm³/mol. The SMILES string of the molecule is CCC(C)c1ccccc1-c1cccc(-c2ccc(-c3c4ccccc4c(-c4ccc(-c5cccc6c5C=CCC6)cc4)c4ccccc34)cc2)c1C. The van der Waals surface area contributed by atoms with Gasteiger partial charge in [0, 0.05) is 0 Å². The van der Waals surface area contributed by atoms with Crippen LogP contribution in [0, 0.1) is 6.92 Å². The van der Waals surface area contributed by atoms with E-state index in [0.717, 1.165) is 19.3 Å². The molecule has 8 aromatic carbocycles. The molecule has 1 unspecified atom stereocenters. The Morgan fingerprint density at radius 3 is 1.55 bits per heavy atom. The number of aryl methyl sites for hydroxylation is 1. The van der Waals surface area contributed by atoms with Crippen LogP contribution in [0.15, 0.2) is 164 Å². The fraction of sp³-hybridized carbons (Fsp3) is 0.132. The standard InChI is InChI=1S/C53H44/c1-4-35(2)42-17-7-8-19-47(42)44-25-14-24-43(36(44)3)38-27-31-40(32-28-38)52-48-20-9-11-22-50(48)53(51-23-12-10-21-49(51)52)41-33-29-39(30-34-41)46-26-13-16-37-15-5-6-18-45(37)46/h6-14,16-35H,4-5,15H2,1-3H3. The van der Waals surface area contributed by atoms with Gasteiger partial charge < -0.3 is 0 Å². The first-order valence-electron chi connectivity index (χ1n) is 19.2. The average molecular weight is 681 g/mol. The van der Waals surface area contributed by atoms with Gasteiger partial charge in [-0.25, -0.2) is 0 Å². The molecule has 0 aliphatic heterocycles. The van der Waals surface area contributed by atoms with E-state index in [-0.39, 0.29) is 0 Å². The van der Waals surface area contributed by atoms with Crippen molar-refractivity contribution in [1.29, 1.82) is 0 Å². The summed E-state index contributed by atoms with van der Waals surface area (Å²) in [6, 6.07) is 58.9. The topological polar surface area (TPSA) is 0 Å². The van der Waals surface area contributed by atoms with Crippen molar-refractivity contribution in [3.63, 3.8) is 0 Å². The molecule has 0 heteroatoms. The number of hydrogen-bond acceptors (Lipinski definition) is 0. The van der Waals surface area contributed by atoms with Crippen LogP contribution < -0.4 is 0 Å². The van der Waals surface area contributed by atoms with Crippen molar-refractivity contribution >= 4 is 27.6 Å². The molecule has 0 spiro atoms. The molecule has 1 aliphatic carbocycles. The smallest absolute Gasteiger partial charge is 0.00264 e. The van der Waals surface area contributed by atoms with Gasteiger partial charge in [0.2, 0.25) is 0 Å². The third-order valence-electron chi connectivity index (χ3n) is 11.7. The van der Waals surface area contributed by atoms with E-state index < -0.39 is 0 Å². The average Bonchev–Trinajstić information content (AvgIpc) is 3.22. The van der Waals surface area contributed by atoms with Gasteiger partial charge in [0.25, 0.3) is 0 Å². The van der Waals surface area contributed by atoms with E-state index in [1.807, 2.05) is 0 Å². The lowest BCUT2D eigenvalue weighted by atomic mass is 9.84. The van der Waals surface area contributed by atoms with E-state index in [2.05, 4.69) is 191 Å². The predicted octanol–water partition coefficient (Wildman–Crippen LogP) is 15.1. The van der Waals surface area contributed by atoms with Gasteiger partial charge in [0.1, 0.15) is 0 Å². The Bertz CT molecular complexity index is 2590. The summed E-state index contributed by atoms with van der Waals surface area (Å²) in [6.45, 7) is 6.89. The fourth-order valence-electron chi connectivity index (χ4n) is 8.74. The van der Waals surface area contributed by atoms with Crippen molar-refractivity contribution in [2.75, 3.05) is 0 Å². The minimum absolute atomic E-state index is 0.515. The molecule has 8 aromatic rings. The molecule has 0 amide bonds. The maximum Gasteiger partial charge on any atom is -0.00264 e.